The maximum atomic E-state index is 8.87. The summed E-state index contributed by atoms with van der Waals surface area (Å²) >= 11 is 1.34. The summed E-state index contributed by atoms with van der Waals surface area (Å²) in [4.78, 5) is 14.7. The second kappa shape index (κ2) is 10.8. The van der Waals surface area contributed by atoms with Crippen LogP contribution >= 0.6 is 11.3 Å². The fourth-order valence-corrected chi connectivity index (χ4v) is 6.38. The summed E-state index contributed by atoms with van der Waals surface area (Å²) < 4.78 is 86.7. The van der Waals surface area contributed by atoms with Crippen LogP contribution in [-0.2, 0) is 0 Å². The molecule has 4 heteroatoms. The van der Waals surface area contributed by atoms with Gasteiger partial charge in [-0.05, 0) is 34.9 Å². The molecule has 2 heterocycles. The Morgan fingerprint density at radius 3 is 1.67 bits per heavy atom. The van der Waals surface area contributed by atoms with Crippen LogP contribution in [0.3, 0.4) is 0 Å². The van der Waals surface area contributed by atoms with E-state index in [4.69, 9.17) is 28.7 Å². The summed E-state index contributed by atoms with van der Waals surface area (Å²) in [6.45, 7) is 0. The van der Waals surface area contributed by atoms with E-state index in [2.05, 4.69) is 0 Å². The Morgan fingerprint density at radius 1 is 0.465 bits per heavy atom. The normalized spacial score (nSPS) is 14.5. The third-order valence-electron chi connectivity index (χ3n) is 7.09. The van der Waals surface area contributed by atoms with Crippen molar-refractivity contribution in [2.24, 2.45) is 0 Å². The molecule has 0 amide bonds. The number of benzene rings is 6. The van der Waals surface area contributed by atoms with Gasteiger partial charge in [0.1, 0.15) is 0 Å². The van der Waals surface area contributed by atoms with Crippen molar-refractivity contribution in [1.29, 1.82) is 0 Å². The van der Waals surface area contributed by atoms with Crippen molar-refractivity contribution in [2.75, 3.05) is 0 Å². The number of hydrogen-bond donors (Lipinski definition) is 0. The molecule has 0 fully saturated rings. The molecule has 2 aromatic heterocycles. The SMILES string of the molecule is [2H]c1c([2H])c([2H])c(-c2cc(-c3c([2H])c([2H])c([2H])c([2H])c3[2H])c3sc4cccc(-c5nc(-c6ccccc6)nc(-c6ccccc6)n5)c4c3c2)c([2H])c1[2H]. The minimum Gasteiger partial charge on any atom is -0.208 e. The van der Waals surface area contributed by atoms with Crippen LogP contribution in [0.2, 0.25) is 0 Å². The van der Waals surface area contributed by atoms with E-state index in [0.717, 1.165) is 15.8 Å². The first-order valence-corrected chi connectivity index (χ1v) is 14.3. The lowest BCUT2D eigenvalue weighted by Crippen LogP contribution is -2.00. The number of thiophene rings is 1. The average molecular weight is 578 g/mol. The number of nitrogens with zero attached hydrogens (tertiary/aromatic N) is 3. The van der Waals surface area contributed by atoms with Gasteiger partial charge in [0.05, 0.1) is 13.7 Å². The molecule has 3 nitrogen and oxygen atoms in total. The van der Waals surface area contributed by atoms with Gasteiger partial charge < -0.3 is 0 Å². The van der Waals surface area contributed by atoms with Crippen molar-refractivity contribution in [1.82, 2.24) is 15.0 Å². The molecule has 8 rings (SSSR count). The van der Waals surface area contributed by atoms with E-state index in [0.29, 0.717) is 38.5 Å². The highest BCUT2D eigenvalue weighted by Crippen LogP contribution is 2.45. The van der Waals surface area contributed by atoms with Crippen LogP contribution in [-0.4, -0.2) is 15.0 Å². The van der Waals surface area contributed by atoms with Crippen molar-refractivity contribution in [2.45, 2.75) is 0 Å². The van der Waals surface area contributed by atoms with Crippen LogP contribution in [0.5, 0.6) is 0 Å². The summed E-state index contributed by atoms with van der Waals surface area (Å²) in [7, 11) is 0. The molecular weight excluding hydrogens is 543 g/mol. The third-order valence-corrected chi connectivity index (χ3v) is 8.30. The quantitative estimate of drug-likeness (QED) is 0.204. The van der Waals surface area contributed by atoms with Gasteiger partial charge in [0.25, 0.3) is 0 Å². The molecular formula is C39H25N3S. The molecule has 0 aliphatic heterocycles. The minimum atomic E-state index is -0.544. The predicted molar refractivity (Wildman–Crippen MR) is 180 cm³/mol. The van der Waals surface area contributed by atoms with Gasteiger partial charge in [-0.25, -0.2) is 15.0 Å². The van der Waals surface area contributed by atoms with Crippen molar-refractivity contribution >= 4 is 31.5 Å². The van der Waals surface area contributed by atoms with Crippen LogP contribution in [0.4, 0.5) is 0 Å². The highest BCUT2D eigenvalue weighted by molar-refractivity contribution is 7.26. The van der Waals surface area contributed by atoms with Crippen molar-refractivity contribution in [3.05, 3.63) is 151 Å². The predicted octanol–water partition coefficient (Wildman–Crippen LogP) is 10.6. The van der Waals surface area contributed by atoms with Gasteiger partial charge in [-0.2, -0.15) is 0 Å². The zero-order chi connectivity index (χ0) is 37.3. The first-order chi connectivity index (χ1) is 25.5. The molecule has 0 bridgehead atoms. The molecule has 0 unspecified atom stereocenters. The Hall–Kier alpha value is -5.45. The smallest absolute Gasteiger partial charge is 0.164 e. The Bertz CT molecular complexity index is 2680. The summed E-state index contributed by atoms with van der Waals surface area (Å²) in [6.07, 6.45) is 0. The molecule has 43 heavy (non-hydrogen) atoms. The lowest BCUT2D eigenvalue weighted by Gasteiger charge is -2.11. The molecule has 0 saturated heterocycles. The van der Waals surface area contributed by atoms with Gasteiger partial charge in [-0.3, -0.25) is 0 Å². The summed E-state index contributed by atoms with van der Waals surface area (Å²) in [6, 6.07) is 23.1. The second-order valence-electron chi connectivity index (χ2n) is 9.72. The Kier molecular flexibility index (Phi) is 4.21. The van der Waals surface area contributed by atoms with Crippen LogP contribution in [0.1, 0.15) is 13.7 Å². The zero-order valence-electron chi connectivity index (χ0n) is 32.4. The van der Waals surface area contributed by atoms with E-state index in [-0.39, 0.29) is 22.3 Å². The highest BCUT2D eigenvalue weighted by atomic mass is 32.1. The standard InChI is InChI=1S/C39H25N3S/c1-5-14-26(15-6-1)30-24-32(27-16-7-2-8-17-27)36-33(25-30)35-31(22-13-23-34(35)43-36)39-41-37(28-18-9-3-10-19-28)40-38(42-39)29-20-11-4-12-21-29/h1-25H/i1D,2D,5D,6D,7D,8D,14D,15D,16D,17D. The Morgan fingerprint density at radius 2 is 1.05 bits per heavy atom. The number of rotatable bonds is 5. The second-order valence-corrected chi connectivity index (χ2v) is 10.8. The fraction of sp³-hybridized carbons (Fsp3) is 0. The number of aromatic nitrogens is 3. The first kappa shape index (κ1) is 16.9. The molecule has 0 aliphatic rings. The average Bonchev–Trinajstić information content (AvgIpc) is 3.57. The lowest BCUT2D eigenvalue weighted by molar-refractivity contribution is 1.08. The van der Waals surface area contributed by atoms with Gasteiger partial charge in [-0.1, -0.05) is 133 Å². The molecule has 0 N–H and O–H groups in total. The van der Waals surface area contributed by atoms with Gasteiger partial charge in [0, 0.05) is 42.4 Å². The molecule has 8 aromatic rings. The Labute approximate surface area is 267 Å². The van der Waals surface area contributed by atoms with E-state index in [1.165, 1.54) is 11.3 Å². The molecule has 202 valence electrons. The maximum Gasteiger partial charge on any atom is 0.164 e. The first-order valence-electron chi connectivity index (χ1n) is 18.5. The molecule has 0 atom stereocenters. The topological polar surface area (TPSA) is 38.7 Å². The van der Waals surface area contributed by atoms with Crippen LogP contribution < -0.4 is 0 Å². The van der Waals surface area contributed by atoms with Crippen molar-refractivity contribution < 1.29 is 13.7 Å². The molecule has 0 radical (unpaired) electrons. The van der Waals surface area contributed by atoms with Gasteiger partial charge in [0.2, 0.25) is 0 Å². The lowest BCUT2D eigenvalue weighted by atomic mass is 9.95. The van der Waals surface area contributed by atoms with E-state index < -0.39 is 60.4 Å². The van der Waals surface area contributed by atoms with E-state index in [1.54, 1.807) is 12.1 Å². The zero-order valence-corrected chi connectivity index (χ0v) is 23.2. The molecule has 6 aromatic carbocycles. The summed E-state index contributed by atoms with van der Waals surface area (Å²) in [5.41, 5.74) is 2.51. The van der Waals surface area contributed by atoms with Crippen molar-refractivity contribution in [3.63, 3.8) is 0 Å². The Balaban J connectivity index is 1.51. The minimum absolute atomic E-state index is 0.0683. The van der Waals surface area contributed by atoms with Crippen LogP contribution in [0.25, 0.3) is 76.6 Å². The third kappa shape index (κ3) is 4.68. The van der Waals surface area contributed by atoms with Crippen molar-refractivity contribution in [3.8, 4) is 56.4 Å². The monoisotopic (exact) mass is 577 g/mol. The van der Waals surface area contributed by atoms with Crippen LogP contribution in [0.15, 0.2) is 151 Å². The number of hydrogen-bond acceptors (Lipinski definition) is 4. The van der Waals surface area contributed by atoms with E-state index in [9.17, 15) is 0 Å². The number of fused-ring (bicyclic) bond motifs is 3. The van der Waals surface area contributed by atoms with Gasteiger partial charge in [-0.15, -0.1) is 11.3 Å². The van der Waals surface area contributed by atoms with E-state index >= 15 is 0 Å². The highest BCUT2D eigenvalue weighted by Gasteiger charge is 2.19. The van der Waals surface area contributed by atoms with E-state index in [1.807, 2.05) is 78.9 Å². The van der Waals surface area contributed by atoms with Gasteiger partial charge >= 0.3 is 0 Å². The molecule has 0 spiro atoms. The molecule has 0 saturated carbocycles. The summed E-state index contributed by atoms with van der Waals surface area (Å²) in [5.74, 6) is 1.26. The maximum absolute atomic E-state index is 8.87. The van der Waals surface area contributed by atoms with Crippen LogP contribution in [0, 0.1) is 0 Å². The van der Waals surface area contributed by atoms with Gasteiger partial charge in [0.15, 0.2) is 17.5 Å². The fourth-order valence-electron chi connectivity index (χ4n) is 5.15. The molecule has 0 aliphatic carbocycles. The largest absolute Gasteiger partial charge is 0.208 e. The summed E-state index contributed by atoms with van der Waals surface area (Å²) in [5, 5.41) is 1.24.